The molecule has 1 heteroatoms. The second kappa shape index (κ2) is 4.55. The summed E-state index contributed by atoms with van der Waals surface area (Å²) >= 11 is 0. The van der Waals surface area contributed by atoms with Gasteiger partial charge in [0.05, 0.1) is 0 Å². The fourth-order valence-electron chi connectivity index (χ4n) is 5.00. The van der Waals surface area contributed by atoms with E-state index in [1.165, 1.54) is 47.9 Å². The highest BCUT2D eigenvalue weighted by Crippen LogP contribution is 2.55. The monoisotopic (exact) mass is 313 g/mol. The van der Waals surface area contributed by atoms with Crippen LogP contribution in [-0.2, 0) is 21.7 Å². The van der Waals surface area contributed by atoms with E-state index in [1.54, 1.807) is 0 Å². The van der Waals surface area contributed by atoms with E-state index in [2.05, 4.69) is 61.5 Å². The van der Waals surface area contributed by atoms with Crippen LogP contribution in [0.3, 0.4) is 0 Å². The molecule has 0 amide bonds. The van der Waals surface area contributed by atoms with Gasteiger partial charge in [-0.1, -0.05) is 61.5 Å². The van der Waals surface area contributed by atoms with Crippen molar-refractivity contribution in [3.63, 3.8) is 0 Å². The topological polar surface area (TPSA) is 26.0 Å². The average Bonchev–Trinajstić information content (AvgIpc) is 2.39. The van der Waals surface area contributed by atoms with E-state index in [-0.39, 0.29) is 21.7 Å². The van der Waals surface area contributed by atoms with Gasteiger partial charge in [-0.25, -0.2) is 0 Å². The summed E-state index contributed by atoms with van der Waals surface area (Å²) < 4.78 is 0. The number of rotatable bonds is 0. The van der Waals surface area contributed by atoms with Crippen molar-refractivity contribution in [3.8, 4) is 0 Å². The predicted octanol–water partition coefficient (Wildman–Crippen LogP) is 5.97. The Labute approximate surface area is 143 Å². The van der Waals surface area contributed by atoms with Gasteiger partial charge >= 0.3 is 0 Å². The van der Waals surface area contributed by atoms with Crippen LogP contribution in [0.2, 0.25) is 0 Å². The smallest absolute Gasteiger partial charge is 0.0396 e. The van der Waals surface area contributed by atoms with Gasteiger partial charge < -0.3 is 5.73 Å². The summed E-state index contributed by atoms with van der Waals surface area (Å²) in [5.41, 5.74) is 14.7. The molecule has 0 radical (unpaired) electrons. The van der Waals surface area contributed by atoms with E-state index < -0.39 is 0 Å². The van der Waals surface area contributed by atoms with E-state index >= 15 is 0 Å². The molecule has 2 aliphatic carbocycles. The van der Waals surface area contributed by atoms with E-state index in [1.807, 2.05) is 0 Å². The van der Waals surface area contributed by atoms with Crippen molar-refractivity contribution in [2.24, 2.45) is 0 Å². The van der Waals surface area contributed by atoms with Crippen LogP contribution in [0.25, 0.3) is 0 Å². The lowest BCUT2D eigenvalue weighted by atomic mass is 9.56. The number of anilines is 1. The molecule has 0 saturated heterocycles. The average molecular weight is 314 g/mol. The number of hydrogen-bond donors (Lipinski definition) is 1. The zero-order chi connectivity index (χ0) is 17.4. The molecule has 23 heavy (non-hydrogen) atoms. The van der Waals surface area contributed by atoms with Gasteiger partial charge in [-0.05, 0) is 69.6 Å². The van der Waals surface area contributed by atoms with Gasteiger partial charge in [0.25, 0.3) is 0 Å². The SMILES string of the molecule is CC1(C)CCC(C)(C)c2c1cc1c(c2N)C(C)(C)CCC1(C)C. The molecule has 0 heterocycles. The molecule has 2 N–H and O–H groups in total. The third-order valence-corrected chi connectivity index (χ3v) is 6.93. The largest absolute Gasteiger partial charge is 0.398 e. The molecule has 0 unspecified atom stereocenters. The molecule has 0 atom stereocenters. The van der Waals surface area contributed by atoms with Crippen molar-refractivity contribution in [2.45, 2.75) is 103 Å². The van der Waals surface area contributed by atoms with Crippen LogP contribution in [0, 0.1) is 0 Å². The van der Waals surface area contributed by atoms with Crippen molar-refractivity contribution in [1.82, 2.24) is 0 Å². The molecule has 2 aliphatic rings. The first-order valence-corrected chi connectivity index (χ1v) is 9.28. The zero-order valence-corrected chi connectivity index (χ0v) is 16.5. The summed E-state index contributed by atoms with van der Waals surface area (Å²) in [7, 11) is 0. The highest BCUT2D eigenvalue weighted by Gasteiger charge is 2.45. The van der Waals surface area contributed by atoms with Gasteiger partial charge in [0, 0.05) is 5.69 Å². The second-order valence-electron chi connectivity index (χ2n) is 10.7. The quantitative estimate of drug-likeness (QED) is 0.587. The first-order chi connectivity index (χ1) is 10.3. The Kier molecular flexibility index (Phi) is 3.34. The van der Waals surface area contributed by atoms with Crippen molar-refractivity contribution >= 4 is 5.69 Å². The Bertz CT molecular complexity index is 605. The van der Waals surface area contributed by atoms with Gasteiger partial charge in [-0.3, -0.25) is 0 Å². The molecular formula is C22H35N. The van der Waals surface area contributed by atoms with Gasteiger partial charge in [0.2, 0.25) is 0 Å². The number of hydrogen-bond acceptors (Lipinski definition) is 1. The van der Waals surface area contributed by atoms with Crippen LogP contribution in [0.5, 0.6) is 0 Å². The summed E-state index contributed by atoms with van der Waals surface area (Å²) in [5.74, 6) is 0. The molecular weight excluding hydrogens is 278 g/mol. The van der Waals surface area contributed by atoms with E-state index in [0.29, 0.717) is 0 Å². The van der Waals surface area contributed by atoms with Gasteiger partial charge in [0.1, 0.15) is 0 Å². The van der Waals surface area contributed by atoms with Gasteiger partial charge in [-0.2, -0.15) is 0 Å². The maximum Gasteiger partial charge on any atom is 0.0396 e. The van der Waals surface area contributed by atoms with E-state index in [0.717, 1.165) is 5.69 Å². The predicted molar refractivity (Wildman–Crippen MR) is 101 cm³/mol. The molecule has 1 nitrogen and oxygen atoms in total. The molecule has 0 bridgehead atoms. The minimum Gasteiger partial charge on any atom is -0.398 e. The first kappa shape index (κ1) is 16.9. The van der Waals surface area contributed by atoms with Crippen LogP contribution >= 0.6 is 0 Å². The summed E-state index contributed by atoms with van der Waals surface area (Å²) in [6.45, 7) is 19.1. The lowest BCUT2D eigenvalue weighted by molar-refractivity contribution is 0.314. The third-order valence-electron chi connectivity index (χ3n) is 6.93. The van der Waals surface area contributed by atoms with Crippen LogP contribution in [0.4, 0.5) is 5.69 Å². The Hall–Kier alpha value is -0.980. The minimum absolute atomic E-state index is 0.182. The molecule has 0 aromatic heterocycles. The summed E-state index contributed by atoms with van der Waals surface area (Å²) in [6, 6.07) is 2.54. The maximum absolute atomic E-state index is 6.92. The summed E-state index contributed by atoms with van der Waals surface area (Å²) in [4.78, 5) is 0. The van der Waals surface area contributed by atoms with Crippen LogP contribution in [0.1, 0.15) is 103 Å². The van der Waals surface area contributed by atoms with Crippen molar-refractivity contribution in [1.29, 1.82) is 0 Å². The Morgan fingerprint density at radius 2 is 0.913 bits per heavy atom. The highest BCUT2D eigenvalue weighted by molar-refractivity contribution is 5.69. The van der Waals surface area contributed by atoms with Crippen molar-refractivity contribution in [3.05, 3.63) is 28.3 Å². The molecule has 0 aliphatic heterocycles. The first-order valence-electron chi connectivity index (χ1n) is 9.28. The minimum atomic E-state index is 0.182. The maximum atomic E-state index is 6.92. The Morgan fingerprint density at radius 3 is 1.26 bits per heavy atom. The molecule has 1 aromatic rings. The lowest BCUT2D eigenvalue weighted by Gasteiger charge is -2.48. The number of benzene rings is 1. The van der Waals surface area contributed by atoms with Gasteiger partial charge in [-0.15, -0.1) is 0 Å². The molecule has 128 valence electrons. The highest BCUT2D eigenvalue weighted by atomic mass is 14.6. The normalized spacial score (nSPS) is 26.3. The van der Waals surface area contributed by atoms with Gasteiger partial charge in [0.15, 0.2) is 0 Å². The van der Waals surface area contributed by atoms with E-state index in [9.17, 15) is 0 Å². The standard InChI is InChI=1S/C22H35N/c1-19(2)9-11-21(5,6)16-14(19)13-15-17(18(16)23)22(7,8)12-10-20(15,3)4/h13H,9-12,23H2,1-8H3. The van der Waals surface area contributed by atoms with Crippen LogP contribution in [0.15, 0.2) is 6.07 Å². The molecule has 0 fully saturated rings. The second-order valence-corrected chi connectivity index (χ2v) is 10.7. The van der Waals surface area contributed by atoms with Crippen molar-refractivity contribution < 1.29 is 0 Å². The number of nitrogens with two attached hydrogens (primary N) is 1. The van der Waals surface area contributed by atoms with Crippen LogP contribution < -0.4 is 5.73 Å². The molecule has 1 aromatic carbocycles. The fraction of sp³-hybridized carbons (Fsp3) is 0.727. The molecule has 0 saturated carbocycles. The summed E-state index contributed by atoms with van der Waals surface area (Å²) in [6.07, 6.45) is 4.93. The fourth-order valence-corrected chi connectivity index (χ4v) is 5.00. The zero-order valence-electron chi connectivity index (χ0n) is 16.5. The van der Waals surface area contributed by atoms with Crippen LogP contribution in [-0.4, -0.2) is 0 Å². The lowest BCUT2D eigenvalue weighted by Crippen LogP contribution is -2.40. The van der Waals surface area contributed by atoms with E-state index in [4.69, 9.17) is 5.73 Å². The number of nitrogen functional groups attached to an aromatic ring is 1. The Morgan fingerprint density at radius 1 is 0.609 bits per heavy atom. The molecule has 3 rings (SSSR count). The Balaban J connectivity index is 2.42. The molecule has 0 spiro atoms. The third kappa shape index (κ3) is 2.34. The number of fused-ring (bicyclic) bond motifs is 2. The van der Waals surface area contributed by atoms with Crippen molar-refractivity contribution in [2.75, 3.05) is 5.73 Å². The summed E-state index contributed by atoms with van der Waals surface area (Å²) in [5, 5.41) is 0.